The van der Waals surface area contributed by atoms with Gasteiger partial charge in [-0.1, -0.05) is 6.07 Å². The number of carbonyl (C=O) groups is 2. The van der Waals surface area contributed by atoms with Crippen molar-refractivity contribution in [3.63, 3.8) is 0 Å². The van der Waals surface area contributed by atoms with E-state index in [1.807, 2.05) is 0 Å². The summed E-state index contributed by atoms with van der Waals surface area (Å²) in [7, 11) is 1.47. The van der Waals surface area contributed by atoms with Crippen LogP contribution in [0, 0.1) is 0 Å². The normalized spacial score (nSPS) is 16.0. The molecule has 2 aromatic rings. The van der Waals surface area contributed by atoms with Crippen LogP contribution in [0.15, 0.2) is 36.4 Å². The van der Waals surface area contributed by atoms with Gasteiger partial charge in [0.15, 0.2) is 11.5 Å². The molecule has 10 heteroatoms. The van der Waals surface area contributed by atoms with Crippen LogP contribution in [0.4, 0.5) is 13.2 Å². The largest absolute Gasteiger partial charge is 0.493 e. The van der Waals surface area contributed by atoms with E-state index in [9.17, 15) is 22.8 Å². The molecule has 32 heavy (non-hydrogen) atoms. The van der Waals surface area contributed by atoms with Crippen molar-refractivity contribution < 1.29 is 37.0 Å². The molecule has 0 spiro atoms. The van der Waals surface area contributed by atoms with E-state index in [1.165, 1.54) is 24.1 Å². The number of alkyl halides is 3. The Morgan fingerprint density at radius 2 is 1.53 bits per heavy atom. The van der Waals surface area contributed by atoms with E-state index in [4.69, 9.17) is 14.2 Å². The molecule has 0 saturated carbocycles. The monoisotopic (exact) mass is 450 g/mol. The van der Waals surface area contributed by atoms with Crippen molar-refractivity contribution in [3.05, 3.63) is 53.1 Å². The summed E-state index contributed by atoms with van der Waals surface area (Å²) in [4.78, 5) is 28.7. The van der Waals surface area contributed by atoms with E-state index < -0.39 is 17.6 Å². The SMILES string of the molecule is COc1cc(C(=O)N2CCN(C(=O)c3cccc(C(F)(F)F)c3)CC2)cc2c1OCCO2. The standard InChI is InChI=1S/C22H21F3N2O5/c1-30-17-12-15(13-18-19(17)32-10-9-31-18)21(29)27-7-5-26(6-8-27)20(28)14-3-2-4-16(11-14)22(23,24)25/h2-4,11-13H,5-10H2,1H3. The van der Waals surface area contributed by atoms with Crippen molar-refractivity contribution >= 4 is 11.8 Å². The molecule has 2 aliphatic heterocycles. The summed E-state index contributed by atoms with van der Waals surface area (Å²) >= 11 is 0. The van der Waals surface area contributed by atoms with Gasteiger partial charge in [-0.25, -0.2) is 0 Å². The Morgan fingerprint density at radius 3 is 2.16 bits per heavy atom. The second-order valence-corrected chi connectivity index (χ2v) is 7.37. The van der Waals surface area contributed by atoms with Gasteiger partial charge < -0.3 is 24.0 Å². The first kappa shape index (κ1) is 21.8. The average molecular weight is 450 g/mol. The Balaban J connectivity index is 1.44. The molecular weight excluding hydrogens is 429 g/mol. The van der Waals surface area contributed by atoms with Crippen molar-refractivity contribution in [1.29, 1.82) is 0 Å². The maximum atomic E-state index is 13.0. The number of hydrogen-bond donors (Lipinski definition) is 0. The zero-order valence-corrected chi connectivity index (χ0v) is 17.3. The Labute approximate surface area is 182 Å². The number of halogens is 3. The second kappa shape index (κ2) is 8.60. The van der Waals surface area contributed by atoms with Crippen LogP contribution in [-0.4, -0.2) is 68.1 Å². The number of ether oxygens (including phenoxy) is 3. The Bertz CT molecular complexity index is 1020. The Hall–Kier alpha value is -3.43. The molecule has 2 heterocycles. The number of piperazine rings is 1. The molecule has 2 amide bonds. The van der Waals surface area contributed by atoms with E-state index in [-0.39, 0.29) is 37.6 Å². The minimum Gasteiger partial charge on any atom is -0.493 e. The van der Waals surface area contributed by atoms with Gasteiger partial charge in [0.2, 0.25) is 5.75 Å². The molecule has 170 valence electrons. The van der Waals surface area contributed by atoms with Gasteiger partial charge in [0.1, 0.15) is 13.2 Å². The summed E-state index contributed by atoms with van der Waals surface area (Å²) < 4.78 is 55.2. The predicted octanol–water partition coefficient (Wildman–Crippen LogP) is 3.08. The third-order valence-corrected chi connectivity index (χ3v) is 5.37. The summed E-state index contributed by atoms with van der Waals surface area (Å²) in [5.41, 5.74) is -0.537. The second-order valence-electron chi connectivity index (χ2n) is 7.37. The number of methoxy groups -OCH3 is 1. The predicted molar refractivity (Wildman–Crippen MR) is 107 cm³/mol. The van der Waals surface area contributed by atoms with E-state index in [2.05, 4.69) is 0 Å². The fraction of sp³-hybridized carbons (Fsp3) is 0.364. The lowest BCUT2D eigenvalue weighted by molar-refractivity contribution is -0.137. The topological polar surface area (TPSA) is 68.3 Å². The van der Waals surface area contributed by atoms with Gasteiger partial charge in [-0.2, -0.15) is 13.2 Å². The van der Waals surface area contributed by atoms with Crippen LogP contribution in [0.1, 0.15) is 26.3 Å². The lowest BCUT2D eigenvalue weighted by Crippen LogP contribution is -2.50. The first-order valence-corrected chi connectivity index (χ1v) is 10.0. The van der Waals surface area contributed by atoms with Gasteiger partial charge in [-0.3, -0.25) is 9.59 Å². The highest BCUT2D eigenvalue weighted by Crippen LogP contribution is 2.40. The highest BCUT2D eigenvalue weighted by Gasteiger charge is 2.32. The van der Waals surface area contributed by atoms with E-state index in [0.29, 0.717) is 36.0 Å². The Morgan fingerprint density at radius 1 is 0.906 bits per heavy atom. The summed E-state index contributed by atoms with van der Waals surface area (Å²) in [5.74, 6) is 0.517. The van der Waals surface area contributed by atoms with Crippen LogP contribution in [-0.2, 0) is 6.18 Å². The van der Waals surface area contributed by atoms with Crippen LogP contribution in [0.5, 0.6) is 17.2 Å². The maximum Gasteiger partial charge on any atom is 0.416 e. The molecule has 0 atom stereocenters. The van der Waals surface area contributed by atoms with E-state index in [1.54, 1.807) is 17.0 Å². The summed E-state index contributed by atoms with van der Waals surface area (Å²) in [6.45, 7) is 1.67. The number of nitrogens with zero attached hydrogens (tertiary/aromatic N) is 2. The number of hydrogen-bond acceptors (Lipinski definition) is 5. The molecule has 0 bridgehead atoms. The van der Waals surface area contributed by atoms with Crippen LogP contribution in [0.3, 0.4) is 0 Å². The molecule has 0 aromatic heterocycles. The highest BCUT2D eigenvalue weighted by atomic mass is 19.4. The van der Waals surface area contributed by atoms with E-state index in [0.717, 1.165) is 12.1 Å². The van der Waals surface area contributed by atoms with Crippen molar-refractivity contribution in [2.24, 2.45) is 0 Å². The minimum absolute atomic E-state index is 0.0313. The van der Waals surface area contributed by atoms with Crippen LogP contribution in [0.25, 0.3) is 0 Å². The van der Waals surface area contributed by atoms with Crippen molar-refractivity contribution in [2.75, 3.05) is 46.5 Å². The van der Waals surface area contributed by atoms with E-state index >= 15 is 0 Å². The zero-order valence-electron chi connectivity index (χ0n) is 17.3. The fourth-order valence-corrected chi connectivity index (χ4v) is 3.70. The lowest BCUT2D eigenvalue weighted by Gasteiger charge is -2.35. The van der Waals surface area contributed by atoms with Crippen molar-refractivity contribution in [1.82, 2.24) is 9.80 Å². The number of carbonyl (C=O) groups excluding carboxylic acids is 2. The molecule has 2 aliphatic rings. The molecule has 1 saturated heterocycles. The summed E-state index contributed by atoms with van der Waals surface area (Å²) in [5, 5.41) is 0. The lowest BCUT2D eigenvalue weighted by atomic mass is 10.1. The van der Waals surface area contributed by atoms with Crippen molar-refractivity contribution in [2.45, 2.75) is 6.18 Å². The van der Waals surface area contributed by atoms with Crippen LogP contribution >= 0.6 is 0 Å². The van der Waals surface area contributed by atoms with Crippen LogP contribution < -0.4 is 14.2 Å². The molecule has 2 aromatic carbocycles. The average Bonchev–Trinajstić information content (AvgIpc) is 2.82. The van der Waals surface area contributed by atoms with Gasteiger partial charge >= 0.3 is 6.18 Å². The van der Waals surface area contributed by atoms with Gasteiger partial charge in [-0.05, 0) is 30.3 Å². The number of fused-ring (bicyclic) bond motifs is 1. The quantitative estimate of drug-likeness (QED) is 0.719. The molecule has 0 unspecified atom stereocenters. The maximum absolute atomic E-state index is 13.0. The highest BCUT2D eigenvalue weighted by molar-refractivity contribution is 5.97. The van der Waals surface area contributed by atoms with Crippen molar-refractivity contribution in [3.8, 4) is 17.2 Å². The molecule has 0 radical (unpaired) electrons. The van der Waals surface area contributed by atoms with Crippen LogP contribution in [0.2, 0.25) is 0 Å². The smallest absolute Gasteiger partial charge is 0.416 e. The molecule has 4 rings (SSSR count). The first-order valence-electron chi connectivity index (χ1n) is 10.0. The third kappa shape index (κ3) is 4.30. The third-order valence-electron chi connectivity index (χ3n) is 5.37. The molecule has 7 nitrogen and oxygen atoms in total. The summed E-state index contributed by atoms with van der Waals surface area (Å²) in [6.07, 6.45) is -4.52. The van der Waals surface area contributed by atoms with Gasteiger partial charge in [0, 0.05) is 37.3 Å². The summed E-state index contributed by atoms with van der Waals surface area (Å²) in [6, 6.07) is 7.52. The van der Waals surface area contributed by atoms with Gasteiger partial charge in [-0.15, -0.1) is 0 Å². The van der Waals surface area contributed by atoms with Gasteiger partial charge in [0.05, 0.1) is 12.7 Å². The molecule has 1 fully saturated rings. The number of amides is 2. The first-order chi connectivity index (χ1) is 15.3. The fourth-order valence-electron chi connectivity index (χ4n) is 3.70. The van der Waals surface area contributed by atoms with Gasteiger partial charge in [0.25, 0.3) is 11.8 Å². The molecule has 0 aliphatic carbocycles. The zero-order chi connectivity index (χ0) is 22.9. The Kier molecular flexibility index (Phi) is 5.86. The molecular formula is C22H21F3N2O5. The number of rotatable bonds is 3. The molecule has 0 N–H and O–H groups in total. The number of benzene rings is 2. The minimum atomic E-state index is -4.52.